The van der Waals surface area contributed by atoms with Gasteiger partial charge in [0.25, 0.3) is 0 Å². The summed E-state index contributed by atoms with van der Waals surface area (Å²) >= 11 is 0. The fraction of sp³-hybridized carbons (Fsp3) is 0.400. The maximum Gasteiger partial charge on any atom is 0.303 e. The fourth-order valence-electron chi connectivity index (χ4n) is 3.10. The first kappa shape index (κ1) is 18.0. The number of rotatable bonds is 8. The molecule has 26 heavy (non-hydrogen) atoms. The zero-order valence-corrected chi connectivity index (χ0v) is 14.9. The lowest BCUT2D eigenvalue weighted by molar-refractivity contribution is -0.137. The second-order valence-corrected chi connectivity index (χ2v) is 6.37. The molecule has 0 atom stereocenters. The number of carbonyl (C=O) groups is 1. The Balaban J connectivity index is 1.43. The molecule has 1 fully saturated rings. The van der Waals surface area contributed by atoms with Crippen molar-refractivity contribution in [1.29, 1.82) is 0 Å². The van der Waals surface area contributed by atoms with Gasteiger partial charge in [0.15, 0.2) is 0 Å². The van der Waals surface area contributed by atoms with Crippen LogP contribution in [0.2, 0.25) is 0 Å². The van der Waals surface area contributed by atoms with Crippen molar-refractivity contribution < 1.29 is 14.6 Å². The quantitative estimate of drug-likeness (QED) is 0.734. The Bertz CT molecular complexity index is 683. The average molecular weight is 355 g/mol. The molecule has 1 saturated heterocycles. The number of aliphatic carboxylic acids is 1. The maximum atomic E-state index is 10.5. The van der Waals surface area contributed by atoms with Gasteiger partial charge in [0.05, 0.1) is 6.61 Å². The highest BCUT2D eigenvalue weighted by Gasteiger charge is 2.17. The van der Waals surface area contributed by atoms with E-state index in [-0.39, 0.29) is 6.42 Å². The number of carboxylic acid groups (broad SMARTS) is 1. The van der Waals surface area contributed by atoms with Crippen molar-refractivity contribution in [3.8, 4) is 5.75 Å². The van der Waals surface area contributed by atoms with E-state index in [0.717, 1.165) is 38.3 Å². The number of piperazine rings is 1. The predicted molar refractivity (Wildman–Crippen MR) is 102 cm³/mol. The van der Waals surface area contributed by atoms with Gasteiger partial charge in [-0.1, -0.05) is 0 Å². The molecule has 2 heterocycles. The Morgan fingerprint density at radius 2 is 1.50 bits per heavy atom. The molecule has 3 rings (SSSR count). The molecule has 6 nitrogen and oxygen atoms in total. The number of carboxylic acids is 1. The molecule has 0 radical (unpaired) electrons. The minimum atomic E-state index is -0.751. The SMILES string of the molecule is O=C(O)CCCCOc1ccc(N2CCN(c3ccncc3)CC2)cc1. The van der Waals surface area contributed by atoms with Gasteiger partial charge in [-0.15, -0.1) is 0 Å². The molecule has 0 aliphatic carbocycles. The van der Waals surface area contributed by atoms with Crippen molar-refractivity contribution >= 4 is 17.3 Å². The Kier molecular flexibility index (Phi) is 6.30. The van der Waals surface area contributed by atoms with Gasteiger partial charge in [-0.2, -0.15) is 0 Å². The Labute approximate surface area is 154 Å². The summed E-state index contributed by atoms with van der Waals surface area (Å²) in [6, 6.07) is 12.3. The van der Waals surface area contributed by atoms with E-state index < -0.39 is 5.97 Å². The summed E-state index contributed by atoms with van der Waals surface area (Å²) in [5, 5.41) is 8.61. The molecule has 2 aromatic rings. The number of hydrogen-bond donors (Lipinski definition) is 1. The molecule has 0 saturated carbocycles. The molecule has 1 aromatic heterocycles. The number of benzene rings is 1. The van der Waals surface area contributed by atoms with E-state index in [9.17, 15) is 4.79 Å². The molecule has 0 bridgehead atoms. The lowest BCUT2D eigenvalue weighted by Gasteiger charge is -2.37. The molecule has 138 valence electrons. The number of aromatic nitrogens is 1. The van der Waals surface area contributed by atoms with Gasteiger partial charge in [0.2, 0.25) is 0 Å². The number of pyridine rings is 1. The van der Waals surface area contributed by atoms with Gasteiger partial charge in [-0.3, -0.25) is 9.78 Å². The molecule has 1 aromatic carbocycles. The number of unbranched alkanes of at least 4 members (excludes halogenated alkanes) is 1. The summed E-state index contributed by atoms with van der Waals surface area (Å²) in [4.78, 5) is 19.3. The highest BCUT2D eigenvalue weighted by Crippen LogP contribution is 2.22. The van der Waals surface area contributed by atoms with Gasteiger partial charge < -0.3 is 19.6 Å². The summed E-state index contributed by atoms with van der Waals surface area (Å²) < 4.78 is 5.68. The zero-order valence-electron chi connectivity index (χ0n) is 14.9. The summed E-state index contributed by atoms with van der Waals surface area (Å²) in [7, 11) is 0. The molecular formula is C20H25N3O3. The van der Waals surface area contributed by atoms with Crippen LogP contribution in [0.3, 0.4) is 0 Å². The third-order valence-corrected chi connectivity index (χ3v) is 4.56. The standard InChI is InChI=1S/C20H25N3O3/c24-20(25)3-1-2-16-26-19-6-4-17(5-7-19)22-12-14-23(15-13-22)18-8-10-21-11-9-18/h4-11H,1-3,12-16H2,(H,24,25). The summed E-state index contributed by atoms with van der Waals surface area (Å²) in [6.07, 6.45) is 5.28. The molecule has 1 aliphatic rings. The molecular weight excluding hydrogens is 330 g/mol. The van der Waals surface area contributed by atoms with Crippen molar-refractivity contribution in [3.05, 3.63) is 48.8 Å². The van der Waals surface area contributed by atoms with Crippen molar-refractivity contribution in [2.24, 2.45) is 0 Å². The predicted octanol–water partition coefficient (Wildman–Crippen LogP) is 3.04. The minimum Gasteiger partial charge on any atom is -0.494 e. The lowest BCUT2D eigenvalue weighted by atomic mass is 10.2. The molecule has 0 unspecified atom stereocenters. The second-order valence-electron chi connectivity index (χ2n) is 6.37. The second kappa shape index (κ2) is 9.08. The minimum absolute atomic E-state index is 0.202. The first-order chi connectivity index (χ1) is 12.7. The molecule has 1 aliphatic heterocycles. The van der Waals surface area contributed by atoms with Gasteiger partial charge in [0.1, 0.15) is 5.75 Å². The van der Waals surface area contributed by atoms with Crippen molar-refractivity contribution in [1.82, 2.24) is 4.98 Å². The fourth-order valence-corrected chi connectivity index (χ4v) is 3.10. The average Bonchev–Trinajstić information content (AvgIpc) is 2.69. The summed E-state index contributed by atoms with van der Waals surface area (Å²) in [5.74, 6) is 0.0814. The number of nitrogens with zero attached hydrogens (tertiary/aromatic N) is 3. The highest BCUT2D eigenvalue weighted by atomic mass is 16.5. The van der Waals surface area contributed by atoms with E-state index in [0.29, 0.717) is 13.0 Å². The third kappa shape index (κ3) is 5.12. The largest absolute Gasteiger partial charge is 0.494 e. The monoisotopic (exact) mass is 355 g/mol. The van der Waals surface area contributed by atoms with E-state index in [4.69, 9.17) is 9.84 Å². The van der Waals surface area contributed by atoms with Crippen LogP contribution in [-0.2, 0) is 4.79 Å². The Morgan fingerprint density at radius 3 is 2.08 bits per heavy atom. The van der Waals surface area contributed by atoms with Crippen LogP contribution in [0, 0.1) is 0 Å². The third-order valence-electron chi connectivity index (χ3n) is 4.56. The topological polar surface area (TPSA) is 65.9 Å². The van der Waals surface area contributed by atoms with E-state index in [1.807, 2.05) is 24.5 Å². The van der Waals surface area contributed by atoms with Crippen LogP contribution in [0.4, 0.5) is 11.4 Å². The van der Waals surface area contributed by atoms with Crippen LogP contribution < -0.4 is 14.5 Å². The van der Waals surface area contributed by atoms with Crippen LogP contribution in [0.1, 0.15) is 19.3 Å². The van der Waals surface area contributed by atoms with Crippen molar-refractivity contribution in [2.75, 3.05) is 42.6 Å². The van der Waals surface area contributed by atoms with E-state index >= 15 is 0 Å². The van der Waals surface area contributed by atoms with E-state index in [1.165, 1.54) is 11.4 Å². The van der Waals surface area contributed by atoms with Crippen LogP contribution in [0.15, 0.2) is 48.8 Å². The number of hydrogen-bond acceptors (Lipinski definition) is 5. The van der Waals surface area contributed by atoms with Gasteiger partial charge in [0, 0.05) is 56.4 Å². The highest BCUT2D eigenvalue weighted by molar-refractivity contribution is 5.66. The van der Waals surface area contributed by atoms with E-state index in [2.05, 4.69) is 39.0 Å². The molecule has 1 N–H and O–H groups in total. The maximum absolute atomic E-state index is 10.5. The summed E-state index contributed by atoms with van der Waals surface area (Å²) in [6.45, 7) is 4.50. The molecule has 0 spiro atoms. The first-order valence-electron chi connectivity index (χ1n) is 9.07. The van der Waals surface area contributed by atoms with Gasteiger partial charge in [-0.25, -0.2) is 0 Å². The lowest BCUT2D eigenvalue weighted by Crippen LogP contribution is -2.46. The Morgan fingerprint density at radius 1 is 0.923 bits per heavy atom. The van der Waals surface area contributed by atoms with E-state index in [1.54, 1.807) is 0 Å². The summed E-state index contributed by atoms with van der Waals surface area (Å²) in [5.41, 5.74) is 2.43. The van der Waals surface area contributed by atoms with Crippen LogP contribution in [-0.4, -0.2) is 48.8 Å². The van der Waals surface area contributed by atoms with Crippen molar-refractivity contribution in [2.45, 2.75) is 19.3 Å². The van der Waals surface area contributed by atoms with Gasteiger partial charge >= 0.3 is 5.97 Å². The number of anilines is 2. The van der Waals surface area contributed by atoms with Gasteiger partial charge in [-0.05, 0) is 49.2 Å². The van der Waals surface area contributed by atoms with Crippen molar-refractivity contribution in [3.63, 3.8) is 0 Å². The zero-order chi connectivity index (χ0) is 18.2. The normalized spacial score (nSPS) is 14.3. The van der Waals surface area contributed by atoms with Crippen LogP contribution in [0.5, 0.6) is 5.75 Å². The smallest absolute Gasteiger partial charge is 0.303 e. The first-order valence-corrected chi connectivity index (χ1v) is 9.07. The Hall–Kier alpha value is -2.76. The van der Waals surface area contributed by atoms with Crippen LogP contribution in [0.25, 0.3) is 0 Å². The van der Waals surface area contributed by atoms with Crippen LogP contribution >= 0.6 is 0 Å². The molecule has 0 amide bonds. The number of ether oxygens (including phenoxy) is 1. The molecule has 6 heteroatoms.